The summed E-state index contributed by atoms with van der Waals surface area (Å²) in [6, 6.07) is 11.4. The fraction of sp³-hybridized carbons (Fsp3) is 0.300. The predicted molar refractivity (Wildman–Crippen MR) is 105 cm³/mol. The molecule has 1 aliphatic rings. The number of aromatic nitrogens is 2. The highest BCUT2D eigenvalue weighted by molar-refractivity contribution is 7.89. The van der Waals surface area contributed by atoms with Crippen molar-refractivity contribution >= 4 is 27.1 Å². The van der Waals surface area contributed by atoms with Crippen molar-refractivity contribution in [3.8, 4) is 5.75 Å². The molecule has 146 valence electrons. The summed E-state index contributed by atoms with van der Waals surface area (Å²) >= 11 is 0. The van der Waals surface area contributed by atoms with Crippen molar-refractivity contribution in [1.29, 1.82) is 0 Å². The number of fused-ring (bicyclic) bond motifs is 1. The number of aryl methyl sites for hydroxylation is 1. The summed E-state index contributed by atoms with van der Waals surface area (Å²) in [5, 5.41) is 1.94. The summed E-state index contributed by atoms with van der Waals surface area (Å²) in [7, 11) is -1.86. The molecule has 28 heavy (non-hydrogen) atoms. The maximum Gasteiger partial charge on any atom is 0.262 e. The minimum absolute atomic E-state index is 0.0617. The Morgan fingerprint density at radius 2 is 1.89 bits per heavy atom. The van der Waals surface area contributed by atoms with Crippen molar-refractivity contribution < 1.29 is 17.9 Å². The lowest BCUT2D eigenvalue weighted by molar-refractivity contribution is 0.110. The number of hydrogen-bond donors (Lipinski definition) is 0. The Morgan fingerprint density at radius 3 is 2.57 bits per heavy atom. The number of ether oxygens (including phenoxy) is 1. The van der Waals surface area contributed by atoms with Gasteiger partial charge in [0.25, 0.3) is 10.0 Å². The van der Waals surface area contributed by atoms with Crippen LogP contribution in [-0.4, -0.2) is 47.8 Å². The van der Waals surface area contributed by atoms with E-state index in [1.807, 2.05) is 30.3 Å². The summed E-state index contributed by atoms with van der Waals surface area (Å²) in [6.07, 6.45) is 4.72. The lowest BCUT2D eigenvalue weighted by atomic mass is 10.0. The Kier molecular flexibility index (Phi) is 4.91. The Morgan fingerprint density at radius 1 is 1.14 bits per heavy atom. The van der Waals surface area contributed by atoms with Gasteiger partial charge >= 0.3 is 0 Å². The highest BCUT2D eigenvalue weighted by Gasteiger charge is 2.32. The molecule has 0 aliphatic carbocycles. The highest BCUT2D eigenvalue weighted by Crippen LogP contribution is 2.32. The van der Waals surface area contributed by atoms with Crippen molar-refractivity contribution in [3.05, 3.63) is 54.5 Å². The smallest absolute Gasteiger partial charge is 0.262 e. The minimum atomic E-state index is -3.60. The standard InChI is InChI=1S/C20H21N3O4S/c1-22-12-19(21-14-22)28(25,26)23-10-8-17(9-11-23)27-20-16(13-24)7-6-15-4-2-3-5-18(15)20/h2-7,12-14,17H,8-11H2,1H3. The Labute approximate surface area is 163 Å². The molecule has 0 N–H and O–H groups in total. The summed E-state index contributed by atoms with van der Waals surface area (Å²) < 4.78 is 34.7. The van der Waals surface area contributed by atoms with Crippen LogP contribution in [0.3, 0.4) is 0 Å². The van der Waals surface area contributed by atoms with Crippen molar-refractivity contribution in [2.75, 3.05) is 13.1 Å². The van der Waals surface area contributed by atoms with E-state index in [2.05, 4.69) is 4.98 Å². The van der Waals surface area contributed by atoms with E-state index in [9.17, 15) is 13.2 Å². The third-order valence-corrected chi connectivity index (χ3v) is 6.79. The number of carbonyl (C=O) groups excluding carboxylic acids is 1. The van der Waals surface area contributed by atoms with Crippen molar-refractivity contribution in [1.82, 2.24) is 13.9 Å². The second kappa shape index (κ2) is 7.37. The van der Waals surface area contributed by atoms with Gasteiger partial charge in [-0.1, -0.05) is 30.3 Å². The van der Waals surface area contributed by atoms with E-state index in [4.69, 9.17) is 4.74 Å². The number of nitrogens with zero attached hydrogens (tertiary/aromatic N) is 3. The van der Waals surface area contributed by atoms with Gasteiger partial charge in [0.05, 0.1) is 11.9 Å². The topological polar surface area (TPSA) is 81.5 Å². The molecule has 7 nitrogen and oxygen atoms in total. The maximum absolute atomic E-state index is 12.7. The first-order valence-electron chi connectivity index (χ1n) is 9.11. The minimum Gasteiger partial charge on any atom is -0.489 e. The van der Waals surface area contributed by atoms with Crippen LogP contribution in [0.15, 0.2) is 53.9 Å². The predicted octanol–water partition coefficient (Wildman–Crippen LogP) is 2.62. The van der Waals surface area contributed by atoms with Gasteiger partial charge < -0.3 is 9.30 Å². The van der Waals surface area contributed by atoms with Crippen molar-refractivity contribution in [2.45, 2.75) is 24.0 Å². The highest BCUT2D eigenvalue weighted by atomic mass is 32.2. The molecule has 0 spiro atoms. The van der Waals surface area contributed by atoms with Gasteiger partial charge in [-0.05, 0) is 24.3 Å². The molecular formula is C20H21N3O4S. The molecule has 1 aliphatic heterocycles. The van der Waals surface area contributed by atoms with Crippen LogP contribution in [-0.2, 0) is 17.1 Å². The van der Waals surface area contributed by atoms with Gasteiger partial charge in [0, 0.05) is 31.7 Å². The Hall–Kier alpha value is -2.71. The first kappa shape index (κ1) is 18.6. The monoisotopic (exact) mass is 399 g/mol. The molecule has 4 rings (SSSR count). The van der Waals surface area contributed by atoms with Gasteiger partial charge in [-0.25, -0.2) is 13.4 Å². The molecule has 0 bridgehead atoms. The van der Waals surface area contributed by atoms with Crippen molar-refractivity contribution in [2.24, 2.45) is 7.05 Å². The number of hydrogen-bond acceptors (Lipinski definition) is 5. The lowest BCUT2D eigenvalue weighted by Gasteiger charge is -2.31. The Balaban J connectivity index is 1.51. The molecule has 2 heterocycles. The van der Waals surface area contributed by atoms with E-state index in [-0.39, 0.29) is 11.1 Å². The van der Waals surface area contributed by atoms with Crippen LogP contribution in [0.5, 0.6) is 5.75 Å². The molecule has 8 heteroatoms. The van der Waals surface area contributed by atoms with E-state index < -0.39 is 10.0 Å². The summed E-state index contributed by atoms with van der Waals surface area (Å²) in [5.74, 6) is 0.569. The van der Waals surface area contributed by atoms with Crippen LogP contribution in [0.25, 0.3) is 10.8 Å². The zero-order valence-corrected chi connectivity index (χ0v) is 16.3. The fourth-order valence-electron chi connectivity index (χ4n) is 3.50. The van der Waals surface area contributed by atoms with Gasteiger partial charge in [0.15, 0.2) is 11.3 Å². The average molecular weight is 399 g/mol. The first-order chi connectivity index (χ1) is 13.5. The van der Waals surface area contributed by atoms with Gasteiger partial charge in [0.1, 0.15) is 11.9 Å². The summed E-state index contributed by atoms with van der Waals surface area (Å²) in [4.78, 5) is 15.4. The van der Waals surface area contributed by atoms with Crippen LogP contribution in [0.1, 0.15) is 23.2 Å². The zero-order valence-electron chi connectivity index (χ0n) is 15.5. The molecule has 1 fully saturated rings. The van der Waals surface area contributed by atoms with Gasteiger partial charge in [-0.15, -0.1) is 0 Å². The molecule has 0 atom stereocenters. The normalized spacial score (nSPS) is 16.3. The van der Waals surface area contributed by atoms with E-state index >= 15 is 0 Å². The number of aldehydes is 1. The number of carbonyl (C=O) groups is 1. The molecule has 3 aromatic rings. The Bertz CT molecular complexity index is 1120. The van der Waals surface area contributed by atoms with Crippen LogP contribution in [0.2, 0.25) is 0 Å². The molecule has 0 saturated carbocycles. The van der Waals surface area contributed by atoms with E-state index in [1.54, 1.807) is 17.7 Å². The van der Waals surface area contributed by atoms with Gasteiger partial charge in [-0.2, -0.15) is 4.31 Å². The van der Waals surface area contributed by atoms with E-state index in [0.29, 0.717) is 37.2 Å². The molecule has 0 unspecified atom stereocenters. The van der Waals surface area contributed by atoms with Crippen LogP contribution in [0.4, 0.5) is 0 Å². The number of sulfonamides is 1. The number of piperidine rings is 1. The second-order valence-corrected chi connectivity index (χ2v) is 8.81. The summed E-state index contributed by atoms with van der Waals surface area (Å²) in [6.45, 7) is 0.704. The quantitative estimate of drug-likeness (QED) is 0.616. The third kappa shape index (κ3) is 3.41. The SMILES string of the molecule is Cn1cnc(S(=O)(=O)N2CCC(Oc3c(C=O)ccc4ccccc34)CC2)c1. The largest absolute Gasteiger partial charge is 0.489 e. The molecule has 1 aromatic heterocycles. The second-order valence-electron chi connectivity index (χ2n) is 6.92. The van der Waals surface area contributed by atoms with Gasteiger partial charge in [0.2, 0.25) is 0 Å². The average Bonchev–Trinajstić information content (AvgIpc) is 3.16. The van der Waals surface area contributed by atoms with E-state index in [0.717, 1.165) is 17.1 Å². The number of imidazole rings is 1. The number of benzene rings is 2. The van der Waals surface area contributed by atoms with E-state index in [1.165, 1.54) is 16.8 Å². The lowest BCUT2D eigenvalue weighted by Crippen LogP contribution is -2.41. The fourth-order valence-corrected chi connectivity index (χ4v) is 4.93. The summed E-state index contributed by atoms with van der Waals surface area (Å²) in [5.41, 5.74) is 0.502. The molecule has 2 aromatic carbocycles. The van der Waals surface area contributed by atoms with Gasteiger partial charge in [-0.3, -0.25) is 4.79 Å². The zero-order chi connectivity index (χ0) is 19.7. The molecule has 0 amide bonds. The molecule has 0 radical (unpaired) electrons. The first-order valence-corrected chi connectivity index (χ1v) is 10.5. The van der Waals surface area contributed by atoms with Crippen LogP contribution in [0, 0.1) is 0 Å². The van der Waals surface area contributed by atoms with Crippen molar-refractivity contribution in [3.63, 3.8) is 0 Å². The van der Waals surface area contributed by atoms with Crippen LogP contribution >= 0.6 is 0 Å². The molecular weight excluding hydrogens is 378 g/mol. The van der Waals surface area contributed by atoms with Crippen LogP contribution < -0.4 is 4.74 Å². The third-order valence-electron chi connectivity index (χ3n) is 5.01. The molecule has 1 saturated heterocycles. The number of rotatable bonds is 5. The maximum atomic E-state index is 12.7.